The maximum atomic E-state index is 12.3. The van der Waals surface area contributed by atoms with Crippen LogP contribution in [0.1, 0.15) is 25.5 Å². The van der Waals surface area contributed by atoms with E-state index in [1.165, 1.54) is 26.2 Å². The Bertz CT molecular complexity index is 1310. The van der Waals surface area contributed by atoms with Crippen molar-refractivity contribution in [1.82, 2.24) is 9.62 Å². The minimum absolute atomic E-state index is 0.0333. The van der Waals surface area contributed by atoms with Gasteiger partial charge in [-0.05, 0) is 43.7 Å². The monoisotopic (exact) mass is 565 g/mol. The van der Waals surface area contributed by atoms with E-state index < -0.39 is 16.0 Å². The fourth-order valence-corrected chi connectivity index (χ4v) is 4.72. The van der Waals surface area contributed by atoms with Crippen molar-refractivity contribution >= 4 is 50.6 Å². The molecule has 0 spiro atoms. The first-order chi connectivity index (χ1) is 17.4. The number of carbonyl (C=O) groups excluding carboxylic acids is 1. The van der Waals surface area contributed by atoms with E-state index in [4.69, 9.17) is 33.1 Å². The van der Waals surface area contributed by atoms with Gasteiger partial charge in [-0.15, -0.1) is 5.11 Å². The molecule has 0 aliphatic heterocycles. The van der Waals surface area contributed by atoms with Crippen molar-refractivity contribution in [2.45, 2.75) is 31.3 Å². The van der Waals surface area contributed by atoms with Crippen LogP contribution in [0.2, 0.25) is 10.0 Å². The topological polar surface area (TPSA) is 118 Å². The summed E-state index contributed by atoms with van der Waals surface area (Å²) in [5.74, 6) is -1.08. The van der Waals surface area contributed by atoms with Crippen molar-refractivity contribution in [3.8, 4) is 0 Å². The van der Waals surface area contributed by atoms with Gasteiger partial charge in [-0.25, -0.2) is 17.3 Å². The van der Waals surface area contributed by atoms with Gasteiger partial charge in [-0.3, -0.25) is 0 Å². The van der Waals surface area contributed by atoms with Gasteiger partial charge in [0.2, 0.25) is 10.0 Å². The van der Waals surface area contributed by atoms with Crippen LogP contribution in [0.15, 0.2) is 82.1 Å². The number of carboxylic acids is 1. The van der Waals surface area contributed by atoms with Gasteiger partial charge in [0.15, 0.2) is 18.9 Å². The molecule has 1 aromatic heterocycles. The summed E-state index contributed by atoms with van der Waals surface area (Å²) in [6.07, 6.45) is 4.08. The van der Waals surface area contributed by atoms with Gasteiger partial charge in [-0.1, -0.05) is 41.4 Å². The molecule has 12 heteroatoms. The number of sulfonamides is 1. The number of nitrogens with zero attached hydrogens (tertiary/aromatic N) is 4. The van der Waals surface area contributed by atoms with Gasteiger partial charge in [0.25, 0.3) is 0 Å². The Kier molecular flexibility index (Phi) is 11.6. The van der Waals surface area contributed by atoms with E-state index in [0.717, 1.165) is 29.9 Å². The number of rotatable bonds is 9. The highest BCUT2D eigenvalue weighted by atomic mass is 35.5. The van der Waals surface area contributed by atoms with Crippen LogP contribution in [0, 0.1) is 0 Å². The molecule has 1 unspecified atom stereocenters. The summed E-state index contributed by atoms with van der Waals surface area (Å²) in [6, 6.07) is 16.6. The van der Waals surface area contributed by atoms with Crippen molar-refractivity contribution in [1.29, 1.82) is 0 Å². The number of benzene rings is 2. The Morgan fingerprint density at radius 1 is 1.05 bits per heavy atom. The second-order valence-electron chi connectivity index (χ2n) is 8.09. The summed E-state index contributed by atoms with van der Waals surface area (Å²) in [7, 11) is -0.860. The third kappa shape index (κ3) is 9.49. The summed E-state index contributed by atoms with van der Waals surface area (Å²) in [4.78, 5) is 8.81. The number of halogens is 2. The maximum absolute atomic E-state index is 12.3. The minimum atomic E-state index is -3.71. The standard InChI is InChI=1S/C23H26Cl2N5O2S.C2H4O2/c1-17(26-11-14-30-12-5-4-6-13-30)18-7-9-19(10-8-18)27-28-22-15-21(25)23(16-20(22)24)33(31,32)29(2)3;1-2(3)4/h4-10,12-13,15-17,26H,11,14H2,1-3H3;1H3,(H,3,4)/q+1;/p-1. The number of nitrogens with one attached hydrogen (secondary N) is 1. The molecular weight excluding hydrogens is 537 g/mol. The zero-order valence-electron chi connectivity index (χ0n) is 20.9. The highest BCUT2D eigenvalue weighted by Crippen LogP contribution is 2.35. The Morgan fingerprint density at radius 3 is 2.22 bits per heavy atom. The van der Waals surface area contributed by atoms with Crippen molar-refractivity contribution in [2.24, 2.45) is 10.2 Å². The van der Waals surface area contributed by atoms with E-state index in [0.29, 0.717) is 5.69 Å². The maximum Gasteiger partial charge on any atom is 0.244 e. The van der Waals surface area contributed by atoms with E-state index in [9.17, 15) is 8.42 Å². The molecule has 1 N–H and O–H groups in total. The van der Waals surface area contributed by atoms with E-state index in [2.05, 4.69) is 27.0 Å². The number of carboxylic acid groups (broad SMARTS) is 1. The van der Waals surface area contributed by atoms with E-state index in [-0.39, 0.29) is 26.7 Å². The molecule has 0 radical (unpaired) electrons. The molecule has 0 aliphatic rings. The van der Waals surface area contributed by atoms with Gasteiger partial charge >= 0.3 is 0 Å². The molecule has 9 nitrogen and oxygen atoms in total. The molecule has 37 heavy (non-hydrogen) atoms. The molecule has 1 heterocycles. The van der Waals surface area contributed by atoms with Crippen molar-refractivity contribution in [3.63, 3.8) is 0 Å². The fourth-order valence-electron chi connectivity index (χ4n) is 3.04. The van der Waals surface area contributed by atoms with Gasteiger partial charge < -0.3 is 15.2 Å². The molecule has 0 saturated heterocycles. The molecule has 0 aliphatic carbocycles. The summed E-state index contributed by atoms with van der Waals surface area (Å²) < 4.78 is 27.9. The van der Waals surface area contributed by atoms with Crippen LogP contribution in [0.3, 0.4) is 0 Å². The Labute approximate surface area is 227 Å². The molecule has 0 amide bonds. The Morgan fingerprint density at radius 2 is 1.65 bits per heavy atom. The average Bonchev–Trinajstić information content (AvgIpc) is 2.84. The molecular formula is C25H29Cl2N5O4S. The number of carbonyl (C=O) groups is 1. The first-order valence-electron chi connectivity index (χ1n) is 11.2. The van der Waals surface area contributed by atoms with Gasteiger partial charge in [0.1, 0.15) is 10.6 Å². The smallest absolute Gasteiger partial charge is 0.244 e. The van der Waals surface area contributed by atoms with Crippen LogP contribution in [-0.2, 0) is 21.4 Å². The number of aliphatic carboxylic acids is 1. The first-order valence-corrected chi connectivity index (χ1v) is 13.4. The lowest BCUT2D eigenvalue weighted by atomic mass is 10.1. The molecule has 3 rings (SSSR count). The van der Waals surface area contributed by atoms with E-state index >= 15 is 0 Å². The second-order valence-corrected chi connectivity index (χ2v) is 11.0. The molecule has 198 valence electrons. The van der Waals surface area contributed by atoms with Crippen LogP contribution in [0.5, 0.6) is 0 Å². The number of hydrogen-bond donors (Lipinski definition) is 1. The molecule has 0 bridgehead atoms. The lowest BCUT2D eigenvalue weighted by Gasteiger charge is -2.13. The molecule has 0 saturated carbocycles. The van der Waals surface area contributed by atoms with Gasteiger partial charge in [0, 0.05) is 38.2 Å². The summed E-state index contributed by atoms with van der Waals surface area (Å²) >= 11 is 12.4. The number of aromatic nitrogens is 1. The Balaban J connectivity index is 0.00000112. The lowest BCUT2D eigenvalue weighted by molar-refractivity contribution is -0.695. The van der Waals surface area contributed by atoms with Gasteiger partial charge in [-0.2, -0.15) is 5.11 Å². The third-order valence-corrected chi connectivity index (χ3v) is 7.61. The molecule has 2 aromatic carbocycles. The lowest BCUT2D eigenvalue weighted by Crippen LogP contribution is -2.38. The SMILES string of the molecule is CC(=O)[O-].CC(NCC[n+]1ccccc1)c1ccc(N=Nc2cc(Cl)c(S(=O)(=O)N(C)C)cc2Cl)cc1. The zero-order valence-corrected chi connectivity index (χ0v) is 23.3. The predicted molar refractivity (Wildman–Crippen MR) is 142 cm³/mol. The predicted octanol–water partition coefficient (Wildman–Crippen LogP) is 4.05. The van der Waals surface area contributed by atoms with Crippen LogP contribution in [-0.4, -0.2) is 39.3 Å². The number of hydrogen-bond acceptors (Lipinski definition) is 7. The van der Waals surface area contributed by atoms with Crippen LogP contribution in [0.25, 0.3) is 0 Å². The molecule has 3 aromatic rings. The minimum Gasteiger partial charge on any atom is -0.550 e. The molecule has 1 atom stereocenters. The summed E-state index contributed by atoms with van der Waals surface area (Å²) in [5.41, 5.74) is 2.06. The van der Waals surface area contributed by atoms with Crippen molar-refractivity contribution in [3.05, 3.63) is 82.6 Å². The number of pyridine rings is 1. The fraction of sp³-hybridized carbons (Fsp3) is 0.280. The van der Waals surface area contributed by atoms with Crippen LogP contribution < -0.4 is 15.0 Å². The van der Waals surface area contributed by atoms with E-state index in [1.54, 1.807) is 0 Å². The molecule has 0 fully saturated rings. The summed E-state index contributed by atoms with van der Waals surface area (Å²) in [6.45, 7) is 4.81. The van der Waals surface area contributed by atoms with Crippen molar-refractivity contribution in [2.75, 3.05) is 20.6 Å². The summed E-state index contributed by atoms with van der Waals surface area (Å²) in [5, 5.41) is 20.9. The quantitative estimate of drug-likeness (QED) is 0.310. The van der Waals surface area contributed by atoms with Crippen LogP contribution >= 0.6 is 23.2 Å². The average molecular weight is 567 g/mol. The van der Waals surface area contributed by atoms with Crippen LogP contribution in [0.4, 0.5) is 11.4 Å². The van der Waals surface area contributed by atoms with E-state index in [1.807, 2.05) is 54.9 Å². The third-order valence-electron chi connectivity index (χ3n) is 5.02. The first kappa shape index (κ1) is 30.3. The highest BCUT2D eigenvalue weighted by molar-refractivity contribution is 7.89. The number of azo groups is 1. The van der Waals surface area contributed by atoms with Gasteiger partial charge in [0.05, 0.1) is 22.3 Å². The van der Waals surface area contributed by atoms with Crippen molar-refractivity contribution < 1.29 is 22.9 Å². The zero-order chi connectivity index (χ0) is 27.6. The normalized spacial score (nSPS) is 12.3. The second kappa shape index (κ2) is 14.2. The highest BCUT2D eigenvalue weighted by Gasteiger charge is 2.22. The Hall–Kier alpha value is -2.89. The largest absolute Gasteiger partial charge is 0.550 e.